The molecule has 3 aromatic rings. The van der Waals surface area contributed by atoms with Crippen molar-refractivity contribution in [2.45, 2.75) is 18.4 Å². The van der Waals surface area contributed by atoms with Gasteiger partial charge in [0.15, 0.2) is 0 Å². The number of hydrogen-bond acceptors (Lipinski definition) is 8. The summed E-state index contributed by atoms with van der Waals surface area (Å²) in [5.41, 5.74) is 1.41. The molecule has 0 aliphatic carbocycles. The average molecular weight is 465 g/mol. The van der Waals surface area contributed by atoms with Crippen molar-refractivity contribution in [3.05, 3.63) is 48.0 Å². The highest BCUT2D eigenvalue weighted by atomic mass is 32.2. The van der Waals surface area contributed by atoms with Gasteiger partial charge in [-0.05, 0) is 29.8 Å². The fourth-order valence-corrected chi connectivity index (χ4v) is 3.39. The van der Waals surface area contributed by atoms with Crippen LogP contribution in [0.2, 0.25) is 0 Å². The van der Waals surface area contributed by atoms with Gasteiger partial charge in [-0.1, -0.05) is 23.9 Å². The highest BCUT2D eigenvalue weighted by molar-refractivity contribution is 7.99. The summed E-state index contributed by atoms with van der Waals surface area (Å²) in [7, 11) is 4.73. The maximum Gasteiger partial charge on any atom is 0.387 e. The van der Waals surface area contributed by atoms with Crippen molar-refractivity contribution in [1.29, 1.82) is 0 Å². The van der Waals surface area contributed by atoms with Crippen LogP contribution in [0.4, 0.5) is 8.78 Å². The van der Waals surface area contributed by atoms with Crippen molar-refractivity contribution in [2.75, 3.05) is 27.0 Å². The van der Waals surface area contributed by atoms with E-state index in [2.05, 4.69) is 14.9 Å². The zero-order valence-corrected chi connectivity index (χ0v) is 18.4. The molecule has 0 saturated heterocycles. The number of halogens is 2. The molecule has 1 amide bonds. The number of benzene rings is 2. The first-order valence-electron chi connectivity index (χ1n) is 9.35. The molecule has 2 aromatic carbocycles. The smallest absolute Gasteiger partial charge is 0.387 e. The first-order chi connectivity index (χ1) is 15.4. The molecular weight excluding hydrogens is 444 g/mol. The van der Waals surface area contributed by atoms with E-state index in [-0.39, 0.29) is 28.5 Å². The number of carbonyl (C=O) groups excluding carboxylic acids is 1. The number of thioether (sulfide) groups is 1. The van der Waals surface area contributed by atoms with Crippen molar-refractivity contribution >= 4 is 17.7 Å². The van der Waals surface area contributed by atoms with E-state index in [9.17, 15) is 13.6 Å². The van der Waals surface area contributed by atoms with Crippen molar-refractivity contribution in [1.82, 2.24) is 15.1 Å². The van der Waals surface area contributed by atoms with Crippen LogP contribution in [0.25, 0.3) is 11.5 Å². The van der Waals surface area contributed by atoms with E-state index in [4.69, 9.17) is 13.9 Å². The Bertz CT molecular complexity index is 1020. The molecule has 0 N–H and O–H groups in total. The molecule has 0 unspecified atom stereocenters. The molecule has 0 radical (unpaired) electrons. The number of ether oxygens (including phenoxy) is 3. The summed E-state index contributed by atoms with van der Waals surface area (Å²) in [6.07, 6.45) is 0. The number of alkyl halides is 2. The number of methoxy groups -OCH3 is 2. The van der Waals surface area contributed by atoms with E-state index in [1.807, 2.05) is 0 Å². The van der Waals surface area contributed by atoms with E-state index in [0.717, 1.165) is 17.3 Å². The summed E-state index contributed by atoms with van der Waals surface area (Å²) in [5, 5.41) is 8.24. The van der Waals surface area contributed by atoms with E-state index >= 15 is 0 Å². The molecule has 8 nitrogen and oxygen atoms in total. The van der Waals surface area contributed by atoms with Gasteiger partial charge >= 0.3 is 6.61 Å². The van der Waals surface area contributed by atoms with Crippen LogP contribution in [0.1, 0.15) is 5.56 Å². The molecule has 3 rings (SSSR count). The Morgan fingerprint density at radius 1 is 1.06 bits per heavy atom. The Morgan fingerprint density at radius 3 is 2.31 bits per heavy atom. The number of nitrogens with zero attached hydrogens (tertiary/aromatic N) is 3. The van der Waals surface area contributed by atoms with Crippen LogP contribution >= 0.6 is 11.8 Å². The summed E-state index contributed by atoms with van der Waals surface area (Å²) < 4.78 is 44.9. The van der Waals surface area contributed by atoms with Crippen molar-refractivity contribution < 1.29 is 32.2 Å². The first kappa shape index (κ1) is 23.3. The fourth-order valence-electron chi connectivity index (χ4n) is 2.69. The third kappa shape index (κ3) is 6.33. The third-order valence-electron chi connectivity index (χ3n) is 4.32. The summed E-state index contributed by atoms with van der Waals surface area (Å²) in [5.74, 6) is 1.43. The summed E-state index contributed by atoms with van der Waals surface area (Å²) in [4.78, 5) is 13.9. The highest BCUT2D eigenvalue weighted by Crippen LogP contribution is 2.30. The van der Waals surface area contributed by atoms with Gasteiger partial charge in [-0.25, -0.2) is 0 Å². The van der Waals surface area contributed by atoms with Crippen LogP contribution in [0, 0.1) is 0 Å². The maximum atomic E-state index is 12.4. The fraction of sp³-hybridized carbons (Fsp3) is 0.286. The second-order valence-corrected chi connectivity index (χ2v) is 7.46. The number of carbonyl (C=O) groups is 1. The zero-order chi connectivity index (χ0) is 23.1. The molecule has 1 aromatic heterocycles. The minimum Gasteiger partial charge on any atom is -0.497 e. The molecule has 32 heavy (non-hydrogen) atoms. The summed E-state index contributed by atoms with van der Waals surface area (Å²) in [6, 6.07) is 11.3. The molecule has 1 heterocycles. The van der Waals surface area contributed by atoms with Gasteiger partial charge < -0.3 is 23.5 Å². The number of rotatable bonds is 10. The van der Waals surface area contributed by atoms with Crippen molar-refractivity contribution in [3.8, 4) is 28.7 Å². The number of hydrogen-bond donors (Lipinski definition) is 0. The van der Waals surface area contributed by atoms with E-state index in [1.54, 1.807) is 51.6 Å². The maximum absolute atomic E-state index is 12.4. The largest absolute Gasteiger partial charge is 0.497 e. The Hall–Kier alpha value is -3.34. The van der Waals surface area contributed by atoms with Gasteiger partial charge in [0.1, 0.15) is 17.2 Å². The van der Waals surface area contributed by atoms with Gasteiger partial charge in [-0.2, -0.15) is 8.78 Å². The average Bonchev–Trinajstić information content (AvgIpc) is 3.27. The van der Waals surface area contributed by atoms with E-state index < -0.39 is 6.61 Å². The second kappa shape index (κ2) is 10.8. The second-order valence-electron chi connectivity index (χ2n) is 6.54. The third-order valence-corrected chi connectivity index (χ3v) is 5.12. The van der Waals surface area contributed by atoms with Crippen molar-refractivity contribution in [2.24, 2.45) is 0 Å². The van der Waals surface area contributed by atoms with E-state index in [1.165, 1.54) is 17.0 Å². The number of amides is 1. The minimum atomic E-state index is -2.88. The predicted octanol–water partition coefficient (Wildman–Crippen LogP) is 4.11. The van der Waals surface area contributed by atoms with Gasteiger partial charge in [-0.15, -0.1) is 10.2 Å². The van der Waals surface area contributed by atoms with Crippen LogP contribution in [0.3, 0.4) is 0 Å². The topological polar surface area (TPSA) is 86.9 Å². The number of aromatic nitrogens is 2. The summed E-state index contributed by atoms with van der Waals surface area (Å²) in [6.45, 7) is -2.56. The lowest BCUT2D eigenvalue weighted by molar-refractivity contribution is -0.127. The van der Waals surface area contributed by atoms with Crippen molar-refractivity contribution in [3.63, 3.8) is 0 Å². The highest BCUT2D eigenvalue weighted by Gasteiger charge is 2.15. The Labute approximate surface area is 187 Å². The molecule has 0 saturated carbocycles. The molecule has 0 aliphatic heterocycles. The van der Waals surface area contributed by atoms with Gasteiger partial charge in [0, 0.05) is 25.2 Å². The van der Waals surface area contributed by atoms with E-state index in [0.29, 0.717) is 23.6 Å². The summed E-state index contributed by atoms with van der Waals surface area (Å²) >= 11 is 1.11. The van der Waals surface area contributed by atoms with Crippen LogP contribution in [0.5, 0.6) is 17.2 Å². The molecule has 0 spiro atoms. The van der Waals surface area contributed by atoms with Crippen LogP contribution in [-0.4, -0.2) is 54.6 Å². The predicted molar refractivity (Wildman–Crippen MR) is 113 cm³/mol. The van der Waals surface area contributed by atoms with Gasteiger partial charge in [0.05, 0.1) is 20.0 Å². The van der Waals surface area contributed by atoms with Crippen LogP contribution < -0.4 is 14.2 Å². The lowest BCUT2D eigenvalue weighted by Gasteiger charge is -2.17. The molecule has 0 aliphatic rings. The lowest BCUT2D eigenvalue weighted by atomic mass is 10.2. The lowest BCUT2D eigenvalue weighted by Crippen LogP contribution is -2.27. The molecule has 0 atom stereocenters. The van der Waals surface area contributed by atoms with Crippen LogP contribution in [-0.2, 0) is 11.3 Å². The van der Waals surface area contributed by atoms with Gasteiger partial charge in [0.25, 0.3) is 5.22 Å². The molecule has 170 valence electrons. The Kier molecular flexibility index (Phi) is 7.87. The monoisotopic (exact) mass is 465 g/mol. The molecular formula is C21H21F2N3O5S. The molecule has 0 fully saturated rings. The zero-order valence-electron chi connectivity index (χ0n) is 17.6. The molecule has 0 bridgehead atoms. The Morgan fingerprint density at radius 2 is 1.72 bits per heavy atom. The molecule has 11 heteroatoms. The standard InChI is InChI=1S/C21H21F2N3O5S/c1-26(11-13-4-6-15(7-5-13)30-20(22)23)18(27)12-32-21-25-24-19(31-21)14-8-16(28-2)10-17(9-14)29-3/h4-10,20H,11-12H2,1-3H3. The minimum absolute atomic E-state index is 0.0640. The van der Waals surface area contributed by atoms with Gasteiger partial charge in [0.2, 0.25) is 11.8 Å². The quantitative estimate of drug-likeness (QED) is 0.414. The first-order valence-corrected chi connectivity index (χ1v) is 10.3. The van der Waals surface area contributed by atoms with Crippen LogP contribution in [0.15, 0.2) is 52.1 Å². The normalized spacial score (nSPS) is 10.8. The SMILES string of the molecule is COc1cc(OC)cc(-c2nnc(SCC(=O)N(C)Cc3ccc(OC(F)F)cc3)o2)c1. The Balaban J connectivity index is 1.55. The van der Waals surface area contributed by atoms with Gasteiger partial charge in [-0.3, -0.25) is 4.79 Å².